The van der Waals surface area contributed by atoms with Gasteiger partial charge in [0.25, 0.3) is 5.69 Å². The van der Waals surface area contributed by atoms with Crippen molar-refractivity contribution in [3.8, 4) is 0 Å². The van der Waals surface area contributed by atoms with E-state index in [1.54, 1.807) is 0 Å². The highest BCUT2D eigenvalue weighted by Gasteiger charge is 2.12. The Kier molecular flexibility index (Phi) is 3.33. The second-order valence-electron chi connectivity index (χ2n) is 2.56. The van der Waals surface area contributed by atoms with Crippen LogP contribution in [0.3, 0.4) is 0 Å². The van der Waals surface area contributed by atoms with Crippen molar-refractivity contribution < 1.29 is 15.3 Å². The quantitative estimate of drug-likeness (QED) is 0.337. The van der Waals surface area contributed by atoms with Crippen LogP contribution in [0.4, 0.5) is 5.69 Å². The summed E-state index contributed by atoms with van der Waals surface area (Å²) < 4.78 is 0. The molecule has 0 atom stereocenters. The van der Waals surface area contributed by atoms with E-state index in [1.165, 1.54) is 18.2 Å². The van der Waals surface area contributed by atoms with Gasteiger partial charge in [0.1, 0.15) is 0 Å². The first-order valence-electron chi connectivity index (χ1n) is 3.82. The smallest absolute Gasteiger partial charge is 0.278 e. The lowest BCUT2D eigenvalue weighted by Crippen LogP contribution is -1.96. The van der Waals surface area contributed by atoms with Gasteiger partial charge in [-0.2, -0.15) is 0 Å². The molecular weight excluding hydrogens is 202 g/mol. The summed E-state index contributed by atoms with van der Waals surface area (Å²) in [7, 11) is 0. The van der Waals surface area contributed by atoms with Gasteiger partial charge in [-0.1, -0.05) is 16.4 Å². The molecular formula is C8H7N3O4. The molecule has 1 aromatic carbocycles. The van der Waals surface area contributed by atoms with Gasteiger partial charge in [0.15, 0.2) is 0 Å². The van der Waals surface area contributed by atoms with Gasteiger partial charge in [-0.15, -0.1) is 0 Å². The second kappa shape index (κ2) is 4.70. The third-order valence-electron chi connectivity index (χ3n) is 1.65. The minimum absolute atomic E-state index is 0.164. The number of nitro groups is 1. The summed E-state index contributed by atoms with van der Waals surface area (Å²) in [5, 5.41) is 32.6. The molecule has 0 aliphatic rings. The molecule has 0 amide bonds. The summed E-state index contributed by atoms with van der Waals surface area (Å²) >= 11 is 0. The number of nitro benzene ring substituents is 1. The van der Waals surface area contributed by atoms with E-state index in [0.29, 0.717) is 5.56 Å². The van der Waals surface area contributed by atoms with Gasteiger partial charge in [-0.3, -0.25) is 10.1 Å². The van der Waals surface area contributed by atoms with Crippen molar-refractivity contribution in [1.82, 2.24) is 0 Å². The van der Waals surface area contributed by atoms with Crippen LogP contribution in [0.1, 0.15) is 11.1 Å². The lowest BCUT2D eigenvalue weighted by atomic mass is 10.1. The van der Waals surface area contributed by atoms with Crippen molar-refractivity contribution in [2.24, 2.45) is 10.3 Å². The average Bonchev–Trinajstić information content (AvgIpc) is 2.21. The first-order chi connectivity index (χ1) is 7.19. The minimum atomic E-state index is -0.619. The van der Waals surface area contributed by atoms with Crippen molar-refractivity contribution in [3.05, 3.63) is 39.4 Å². The second-order valence-corrected chi connectivity index (χ2v) is 2.56. The first kappa shape index (κ1) is 10.6. The van der Waals surface area contributed by atoms with Crippen LogP contribution in [0.2, 0.25) is 0 Å². The van der Waals surface area contributed by atoms with E-state index in [2.05, 4.69) is 10.3 Å². The molecule has 0 saturated heterocycles. The molecule has 7 heteroatoms. The molecule has 2 N–H and O–H groups in total. The number of hydrogen-bond donors (Lipinski definition) is 2. The summed E-state index contributed by atoms with van der Waals surface area (Å²) in [5.41, 5.74) is 0.307. The zero-order chi connectivity index (χ0) is 11.3. The number of rotatable bonds is 3. The normalized spacial score (nSPS) is 11.2. The third kappa shape index (κ3) is 2.50. The van der Waals surface area contributed by atoms with Crippen LogP contribution in [-0.2, 0) is 0 Å². The molecule has 0 spiro atoms. The molecule has 7 nitrogen and oxygen atoms in total. The highest BCUT2D eigenvalue weighted by molar-refractivity contribution is 5.88. The third-order valence-corrected chi connectivity index (χ3v) is 1.65. The summed E-state index contributed by atoms with van der Waals surface area (Å²) in [5.74, 6) is 0. The molecule has 0 radical (unpaired) electrons. The number of nitrogens with zero attached hydrogens (tertiary/aromatic N) is 3. The van der Waals surface area contributed by atoms with Gasteiger partial charge < -0.3 is 10.4 Å². The van der Waals surface area contributed by atoms with Gasteiger partial charge in [0.2, 0.25) is 0 Å². The van der Waals surface area contributed by atoms with E-state index in [4.69, 9.17) is 10.4 Å². The Bertz CT molecular complexity index is 428. The lowest BCUT2D eigenvalue weighted by molar-refractivity contribution is -0.385. The van der Waals surface area contributed by atoms with E-state index in [0.717, 1.165) is 12.4 Å². The predicted molar refractivity (Wildman–Crippen MR) is 51.9 cm³/mol. The summed E-state index contributed by atoms with van der Waals surface area (Å²) in [6.07, 6.45) is 2.02. The summed E-state index contributed by atoms with van der Waals surface area (Å²) in [6, 6.07) is 4.08. The Morgan fingerprint density at radius 1 is 1.27 bits per heavy atom. The van der Waals surface area contributed by atoms with Crippen LogP contribution in [-0.4, -0.2) is 27.8 Å². The molecule has 1 rings (SSSR count). The first-order valence-corrected chi connectivity index (χ1v) is 3.82. The fourth-order valence-corrected chi connectivity index (χ4v) is 1.04. The van der Waals surface area contributed by atoms with Crippen LogP contribution >= 0.6 is 0 Å². The maximum atomic E-state index is 10.6. The van der Waals surface area contributed by atoms with Crippen molar-refractivity contribution in [2.45, 2.75) is 0 Å². The topological polar surface area (TPSA) is 108 Å². The maximum absolute atomic E-state index is 10.6. The SMILES string of the molecule is O=[N+]([O-])c1cc(/C=N/O)ccc1/C=N/O. The molecule has 0 heterocycles. The van der Waals surface area contributed by atoms with Gasteiger partial charge in [-0.25, -0.2) is 0 Å². The molecule has 0 saturated carbocycles. The number of hydrogen-bond acceptors (Lipinski definition) is 6. The highest BCUT2D eigenvalue weighted by Crippen LogP contribution is 2.17. The zero-order valence-corrected chi connectivity index (χ0v) is 7.44. The largest absolute Gasteiger partial charge is 0.411 e. The fraction of sp³-hybridized carbons (Fsp3) is 0. The Morgan fingerprint density at radius 3 is 2.47 bits per heavy atom. The van der Waals surface area contributed by atoms with E-state index >= 15 is 0 Å². The summed E-state index contributed by atoms with van der Waals surface area (Å²) in [4.78, 5) is 9.99. The van der Waals surface area contributed by atoms with Crippen LogP contribution in [0.15, 0.2) is 28.5 Å². The molecule has 0 bridgehead atoms. The molecule has 0 aliphatic heterocycles. The van der Waals surface area contributed by atoms with Crippen LogP contribution in [0.25, 0.3) is 0 Å². The van der Waals surface area contributed by atoms with Crippen LogP contribution in [0, 0.1) is 10.1 Å². The Balaban J connectivity index is 3.26. The Morgan fingerprint density at radius 2 is 1.93 bits per heavy atom. The van der Waals surface area contributed by atoms with Crippen molar-refractivity contribution in [1.29, 1.82) is 0 Å². The van der Waals surface area contributed by atoms with Gasteiger partial charge in [-0.05, 0) is 6.07 Å². The van der Waals surface area contributed by atoms with Gasteiger partial charge >= 0.3 is 0 Å². The van der Waals surface area contributed by atoms with Crippen LogP contribution in [0.5, 0.6) is 0 Å². The van der Waals surface area contributed by atoms with Gasteiger partial charge in [0.05, 0.1) is 22.9 Å². The maximum Gasteiger partial charge on any atom is 0.278 e. The standard InChI is InChI=1S/C8H7N3O4/c12-9-4-6-1-2-7(5-10-13)8(3-6)11(14)15/h1-5,12-13H/b9-4+,10-5+. The lowest BCUT2D eigenvalue weighted by Gasteiger charge is -1.97. The molecule has 78 valence electrons. The van der Waals surface area contributed by atoms with Crippen LogP contribution < -0.4 is 0 Å². The number of benzene rings is 1. The fourth-order valence-electron chi connectivity index (χ4n) is 1.04. The Labute approximate surface area is 84.1 Å². The summed E-state index contributed by atoms with van der Waals surface area (Å²) in [6.45, 7) is 0. The monoisotopic (exact) mass is 209 g/mol. The molecule has 0 aromatic heterocycles. The van der Waals surface area contributed by atoms with E-state index < -0.39 is 4.92 Å². The van der Waals surface area contributed by atoms with Crippen molar-refractivity contribution in [3.63, 3.8) is 0 Å². The van der Waals surface area contributed by atoms with Gasteiger partial charge in [0, 0.05) is 11.6 Å². The van der Waals surface area contributed by atoms with Crippen molar-refractivity contribution >= 4 is 18.1 Å². The molecule has 0 unspecified atom stereocenters. The molecule has 0 aliphatic carbocycles. The van der Waals surface area contributed by atoms with E-state index in [-0.39, 0.29) is 11.3 Å². The average molecular weight is 209 g/mol. The molecule has 0 fully saturated rings. The van der Waals surface area contributed by atoms with Crippen molar-refractivity contribution in [2.75, 3.05) is 0 Å². The molecule has 1 aromatic rings. The predicted octanol–water partition coefficient (Wildman–Crippen LogP) is 1.21. The molecule has 15 heavy (non-hydrogen) atoms. The minimum Gasteiger partial charge on any atom is -0.411 e. The van der Waals surface area contributed by atoms with E-state index in [1.807, 2.05) is 0 Å². The Hall–Kier alpha value is -2.44. The number of oxime groups is 2. The van der Waals surface area contributed by atoms with E-state index in [9.17, 15) is 10.1 Å². The highest BCUT2D eigenvalue weighted by atomic mass is 16.6. The zero-order valence-electron chi connectivity index (χ0n) is 7.44.